The quantitative estimate of drug-likeness (QED) is 0.885. The zero-order valence-corrected chi connectivity index (χ0v) is 13.8. The number of alkyl halides is 3. The first-order valence-electron chi connectivity index (χ1n) is 7.99. The van der Waals surface area contributed by atoms with Crippen molar-refractivity contribution in [2.45, 2.75) is 37.5 Å². The topological polar surface area (TPSA) is 81.1 Å². The SMILES string of the molecule is CN(Cc1cccc(C(F)(F)F)c1)c1cc(C2CC(N)C2)nc(N)n1. The molecular formula is C17H20F3N5. The normalized spacial score (nSPS) is 20.2. The Labute approximate surface area is 143 Å². The molecule has 0 radical (unpaired) electrons. The van der Waals surface area contributed by atoms with Gasteiger partial charge in [-0.1, -0.05) is 12.1 Å². The molecule has 1 heterocycles. The Morgan fingerprint density at radius 1 is 1.20 bits per heavy atom. The number of anilines is 2. The van der Waals surface area contributed by atoms with E-state index in [1.54, 1.807) is 18.0 Å². The van der Waals surface area contributed by atoms with E-state index < -0.39 is 11.7 Å². The molecule has 0 aliphatic heterocycles. The fourth-order valence-electron chi connectivity index (χ4n) is 2.98. The molecule has 1 saturated carbocycles. The fourth-order valence-corrected chi connectivity index (χ4v) is 2.98. The Balaban J connectivity index is 1.78. The number of aromatic nitrogens is 2. The molecule has 0 bridgehead atoms. The summed E-state index contributed by atoms with van der Waals surface area (Å²) in [7, 11) is 1.76. The number of halogens is 3. The third-order valence-corrected chi connectivity index (χ3v) is 4.41. The minimum absolute atomic E-state index is 0.156. The number of nitrogens with zero attached hydrogens (tertiary/aromatic N) is 3. The molecule has 8 heteroatoms. The lowest BCUT2D eigenvalue weighted by molar-refractivity contribution is -0.137. The lowest BCUT2D eigenvalue weighted by Crippen LogP contribution is -2.35. The Hall–Kier alpha value is -2.35. The molecule has 3 rings (SSSR count). The van der Waals surface area contributed by atoms with Crippen molar-refractivity contribution in [3.05, 3.63) is 47.2 Å². The van der Waals surface area contributed by atoms with Gasteiger partial charge in [-0.25, -0.2) is 4.98 Å². The van der Waals surface area contributed by atoms with Gasteiger partial charge in [0.15, 0.2) is 0 Å². The highest BCUT2D eigenvalue weighted by Gasteiger charge is 2.31. The van der Waals surface area contributed by atoms with E-state index in [1.807, 2.05) is 6.07 Å². The first-order chi connectivity index (χ1) is 11.7. The summed E-state index contributed by atoms with van der Waals surface area (Å²) in [6.45, 7) is 0.282. The minimum atomic E-state index is -4.36. The third-order valence-electron chi connectivity index (χ3n) is 4.41. The summed E-state index contributed by atoms with van der Waals surface area (Å²) < 4.78 is 38.5. The van der Waals surface area contributed by atoms with Crippen LogP contribution in [0.2, 0.25) is 0 Å². The van der Waals surface area contributed by atoms with Crippen molar-refractivity contribution in [3.8, 4) is 0 Å². The monoisotopic (exact) mass is 351 g/mol. The minimum Gasteiger partial charge on any atom is -0.368 e. The molecule has 0 amide bonds. The van der Waals surface area contributed by atoms with Crippen LogP contribution in [0, 0.1) is 0 Å². The fraction of sp³-hybridized carbons (Fsp3) is 0.412. The molecule has 0 saturated heterocycles. The predicted octanol–water partition coefficient (Wildman–Crippen LogP) is 2.92. The summed E-state index contributed by atoms with van der Waals surface area (Å²) in [4.78, 5) is 10.2. The van der Waals surface area contributed by atoms with Crippen LogP contribution in [-0.2, 0) is 12.7 Å². The van der Waals surface area contributed by atoms with Crippen molar-refractivity contribution >= 4 is 11.8 Å². The maximum atomic E-state index is 12.8. The van der Waals surface area contributed by atoms with Crippen LogP contribution < -0.4 is 16.4 Å². The van der Waals surface area contributed by atoms with Crippen molar-refractivity contribution in [1.29, 1.82) is 0 Å². The molecule has 25 heavy (non-hydrogen) atoms. The number of hydrogen-bond donors (Lipinski definition) is 2. The second kappa shape index (κ2) is 6.51. The molecular weight excluding hydrogens is 331 g/mol. The van der Waals surface area contributed by atoms with Gasteiger partial charge in [-0.05, 0) is 30.5 Å². The molecule has 1 aliphatic carbocycles. The zero-order valence-electron chi connectivity index (χ0n) is 13.8. The van der Waals surface area contributed by atoms with Crippen molar-refractivity contribution < 1.29 is 13.2 Å². The van der Waals surface area contributed by atoms with Gasteiger partial charge in [0.2, 0.25) is 5.95 Å². The van der Waals surface area contributed by atoms with Gasteiger partial charge >= 0.3 is 6.18 Å². The Morgan fingerprint density at radius 2 is 1.92 bits per heavy atom. The summed E-state index contributed by atoms with van der Waals surface area (Å²) in [6, 6.07) is 7.29. The van der Waals surface area contributed by atoms with Crippen molar-refractivity contribution in [3.63, 3.8) is 0 Å². The van der Waals surface area contributed by atoms with Crippen LogP contribution in [0.15, 0.2) is 30.3 Å². The van der Waals surface area contributed by atoms with E-state index in [4.69, 9.17) is 11.5 Å². The molecule has 0 atom stereocenters. The maximum Gasteiger partial charge on any atom is 0.416 e. The number of benzene rings is 1. The maximum absolute atomic E-state index is 12.8. The van der Waals surface area contributed by atoms with Crippen molar-refractivity contribution in [2.24, 2.45) is 5.73 Å². The average molecular weight is 351 g/mol. The average Bonchev–Trinajstić information content (AvgIpc) is 2.50. The van der Waals surface area contributed by atoms with E-state index in [1.165, 1.54) is 6.07 Å². The Bertz CT molecular complexity index is 756. The van der Waals surface area contributed by atoms with Crippen LogP contribution in [0.4, 0.5) is 24.9 Å². The van der Waals surface area contributed by atoms with Gasteiger partial charge in [-0.15, -0.1) is 0 Å². The smallest absolute Gasteiger partial charge is 0.368 e. The molecule has 1 aromatic carbocycles. The number of hydrogen-bond acceptors (Lipinski definition) is 5. The van der Waals surface area contributed by atoms with Crippen LogP contribution >= 0.6 is 0 Å². The highest BCUT2D eigenvalue weighted by Crippen LogP contribution is 2.36. The van der Waals surface area contributed by atoms with Gasteiger partial charge < -0.3 is 16.4 Å². The Kier molecular flexibility index (Phi) is 4.55. The molecule has 1 aromatic heterocycles. The second-order valence-electron chi connectivity index (χ2n) is 6.49. The highest BCUT2D eigenvalue weighted by atomic mass is 19.4. The number of rotatable bonds is 4. The van der Waals surface area contributed by atoms with Crippen LogP contribution in [0.3, 0.4) is 0 Å². The Morgan fingerprint density at radius 3 is 2.56 bits per heavy atom. The zero-order chi connectivity index (χ0) is 18.2. The van der Waals surface area contributed by atoms with E-state index in [0.29, 0.717) is 11.4 Å². The molecule has 0 spiro atoms. The van der Waals surface area contributed by atoms with Crippen molar-refractivity contribution in [2.75, 3.05) is 17.7 Å². The van der Waals surface area contributed by atoms with Gasteiger partial charge in [0, 0.05) is 31.6 Å². The molecule has 1 aliphatic rings. The standard InChI is InChI=1S/C17H20F3N5/c1-25(9-10-3-2-4-12(5-10)17(18,19)20)15-8-14(23-16(22)24-15)11-6-13(21)7-11/h2-5,8,11,13H,6-7,9,21H2,1H3,(H2,22,23,24). The third kappa shape index (κ3) is 4.01. The molecule has 5 nitrogen and oxygen atoms in total. The van der Waals surface area contributed by atoms with Crippen LogP contribution in [0.25, 0.3) is 0 Å². The second-order valence-corrected chi connectivity index (χ2v) is 6.49. The predicted molar refractivity (Wildman–Crippen MR) is 89.9 cm³/mol. The van der Waals surface area contributed by atoms with Crippen LogP contribution in [0.1, 0.15) is 35.6 Å². The van der Waals surface area contributed by atoms with E-state index in [2.05, 4.69) is 9.97 Å². The largest absolute Gasteiger partial charge is 0.416 e. The summed E-state index contributed by atoms with van der Waals surface area (Å²) >= 11 is 0. The first-order valence-corrected chi connectivity index (χ1v) is 7.99. The lowest BCUT2D eigenvalue weighted by Gasteiger charge is -2.32. The van der Waals surface area contributed by atoms with E-state index in [-0.39, 0.29) is 24.5 Å². The summed E-state index contributed by atoms with van der Waals surface area (Å²) in [5.41, 5.74) is 12.3. The van der Waals surface area contributed by atoms with Crippen LogP contribution in [0.5, 0.6) is 0 Å². The highest BCUT2D eigenvalue weighted by molar-refractivity contribution is 5.45. The molecule has 2 aromatic rings. The molecule has 1 fully saturated rings. The van der Waals surface area contributed by atoms with Gasteiger partial charge in [0.1, 0.15) is 5.82 Å². The van der Waals surface area contributed by atoms with Gasteiger partial charge in [0.25, 0.3) is 0 Å². The van der Waals surface area contributed by atoms with Crippen molar-refractivity contribution in [1.82, 2.24) is 9.97 Å². The lowest BCUT2D eigenvalue weighted by atomic mass is 9.78. The molecule has 4 N–H and O–H groups in total. The number of nitrogen functional groups attached to an aromatic ring is 1. The molecule has 0 unspecified atom stereocenters. The van der Waals surface area contributed by atoms with Gasteiger partial charge in [-0.3, -0.25) is 0 Å². The number of nitrogens with two attached hydrogens (primary N) is 2. The van der Waals surface area contributed by atoms with Crippen LogP contribution in [-0.4, -0.2) is 23.1 Å². The summed E-state index contributed by atoms with van der Waals surface area (Å²) in [5.74, 6) is 1.00. The first kappa shape index (κ1) is 17.5. The summed E-state index contributed by atoms with van der Waals surface area (Å²) in [6.07, 6.45) is -2.65. The summed E-state index contributed by atoms with van der Waals surface area (Å²) in [5, 5.41) is 0. The van der Waals surface area contributed by atoms with E-state index >= 15 is 0 Å². The van der Waals surface area contributed by atoms with E-state index in [0.717, 1.165) is 30.7 Å². The van der Waals surface area contributed by atoms with Gasteiger partial charge in [-0.2, -0.15) is 18.2 Å². The van der Waals surface area contributed by atoms with Gasteiger partial charge in [0.05, 0.1) is 11.3 Å². The van der Waals surface area contributed by atoms with E-state index in [9.17, 15) is 13.2 Å². The molecule has 134 valence electrons.